The van der Waals surface area contributed by atoms with Gasteiger partial charge >= 0.3 is 5.97 Å². The van der Waals surface area contributed by atoms with Crippen molar-refractivity contribution in [3.8, 4) is 10.6 Å². The first-order chi connectivity index (χ1) is 18.4. The number of hydrogen-bond donors (Lipinski definition) is 1. The molecular weight excluding hydrogens is 588 g/mol. The normalized spacial score (nSPS) is 18.8. The van der Waals surface area contributed by atoms with Gasteiger partial charge in [0.1, 0.15) is 16.5 Å². The first-order valence-corrected chi connectivity index (χ1v) is 15.4. The Morgan fingerprint density at radius 1 is 1.16 bits per heavy atom. The van der Waals surface area contributed by atoms with Gasteiger partial charge in [0.15, 0.2) is 5.78 Å². The quantitative estimate of drug-likeness (QED) is 0.330. The van der Waals surface area contributed by atoms with Gasteiger partial charge in [-0.2, -0.15) is 0 Å². The molecule has 3 aromatic rings. The molecule has 2 saturated heterocycles. The van der Waals surface area contributed by atoms with E-state index in [-0.39, 0.29) is 18.6 Å². The number of piperazine rings is 1. The molecule has 0 bridgehead atoms. The Balaban J connectivity index is 1.23. The SMILES string of the molecule is C[C@@H]1CCCN1Cc1sc(CC(=O)c2cnc(N3CCN(CCC(=O)O)CC3)cn2)nc1-c1cc(Br)cs1. The lowest BCUT2D eigenvalue weighted by molar-refractivity contribution is -0.137. The van der Waals surface area contributed by atoms with Crippen LogP contribution in [0.25, 0.3) is 10.6 Å². The number of carboxylic acid groups (broad SMARTS) is 1. The Labute approximate surface area is 238 Å². The van der Waals surface area contributed by atoms with Crippen LogP contribution in [-0.4, -0.2) is 86.9 Å². The number of carbonyl (C=O) groups is 2. The van der Waals surface area contributed by atoms with Crippen molar-refractivity contribution in [2.75, 3.05) is 44.2 Å². The number of hydrogen-bond acceptors (Lipinski definition) is 10. The number of thiophene rings is 1. The molecule has 12 heteroatoms. The van der Waals surface area contributed by atoms with Crippen molar-refractivity contribution in [3.63, 3.8) is 0 Å². The highest BCUT2D eigenvalue weighted by Crippen LogP contribution is 2.36. The fourth-order valence-corrected chi connectivity index (χ4v) is 7.55. The number of carbonyl (C=O) groups excluding carboxylic acids is 1. The zero-order valence-electron chi connectivity index (χ0n) is 21.3. The average molecular weight is 620 g/mol. The second-order valence-electron chi connectivity index (χ2n) is 9.80. The number of anilines is 1. The van der Waals surface area contributed by atoms with Crippen LogP contribution in [0.5, 0.6) is 0 Å². The monoisotopic (exact) mass is 618 g/mol. The molecule has 0 aromatic carbocycles. The number of aliphatic carboxylic acids is 1. The molecule has 202 valence electrons. The Bertz CT molecular complexity index is 1270. The summed E-state index contributed by atoms with van der Waals surface area (Å²) in [7, 11) is 0. The largest absolute Gasteiger partial charge is 0.481 e. The van der Waals surface area contributed by atoms with Crippen molar-refractivity contribution >= 4 is 56.2 Å². The Hall–Kier alpha value is -2.25. The van der Waals surface area contributed by atoms with Gasteiger partial charge in [-0.05, 0) is 48.3 Å². The third-order valence-corrected chi connectivity index (χ3v) is 9.89. The predicted octanol–water partition coefficient (Wildman–Crippen LogP) is 4.43. The Morgan fingerprint density at radius 3 is 2.61 bits per heavy atom. The molecule has 0 amide bonds. The number of aromatic nitrogens is 3. The number of nitrogens with zero attached hydrogens (tertiary/aromatic N) is 6. The molecular formula is C26H31BrN6O3S2. The number of thiazole rings is 1. The van der Waals surface area contributed by atoms with Gasteiger partial charge in [0.25, 0.3) is 0 Å². The van der Waals surface area contributed by atoms with Crippen LogP contribution in [0.4, 0.5) is 5.82 Å². The maximum Gasteiger partial charge on any atom is 0.304 e. The summed E-state index contributed by atoms with van der Waals surface area (Å²) in [6, 6.07) is 2.66. The minimum Gasteiger partial charge on any atom is -0.481 e. The van der Waals surface area contributed by atoms with Gasteiger partial charge in [0.05, 0.1) is 35.8 Å². The highest BCUT2D eigenvalue weighted by molar-refractivity contribution is 9.10. The minimum absolute atomic E-state index is 0.0868. The molecule has 0 unspecified atom stereocenters. The van der Waals surface area contributed by atoms with E-state index in [0.717, 1.165) is 65.1 Å². The first-order valence-electron chi connectivity index (χ1n) is 12.9. The van der Waals surface area contributed by atoms with Gasteiger partial charge in [-0.1, -0.05) is 0 Å². The molecule has 3 aromatic heterocycles. The summed E-state index contributed by atoms with van der Waals surface area (Å²) in [5.41, 5.74) is 1.33. The van der Waals surface area contributed by atoms with E-state index in [2.05, 4.69) is 59.0 Å². The summed E-state index contributed by atoms with van der Waals surface area (Å²) in [5.74, 6) is -0.123. The van der Waals surface area contributed by atoms with Crippen molar-refractivity contribution in [1.82, 2.24) is 24.8 Å². The van der Waals surface area contributed by atoms with Crippen LogP contribution < -0.4 is 4.90 Å². The highest BCUT2D eigenvalue weighted by atomic mass is 79.9. The standard InChI is InChI=1S/C26H31BrN6O3S2/c1-17-3-2-5-33(17)15-22-26(21-11-18(27)16-37-21)30-24(38-22)12-20(34)19-13-29-23(14-28-19)32-9-7-31(8-10-32)6-4-25(35)36/h11,13-14,16-17H,2-10,12,15H2,1H3,(H,35,36)/t17-/m1/s1. The van der Waals surface area contributed by atoms with Crippen LogP contribution in [0.2, 0.25) is 0 Å². The number of halogens is 1. The van der Waals surface area contributed by atoms with Crippen molar-refractivity contribution in [1.29, 1.82) is 0 Å². The molecule has 9 nitrogen and oxygen atoms in total. The van der Waals surface area contributed by atoms with Gasteiger partial charge < -0.3 is 10.0 Å². The van der Waals surface area contributed by atoms with Crippen molar-refractivity contribution in [2.45, 2.75) is 45.2 Å². The number of Topliss-reactive ketones (excluding diaryl/α,β-unsaturated/α-hetero) is 1. The van der Waals surface area contributed by atoms with Crippen molar-refractivity contribution < 1.29 is 14.7 Å². The zero-order valence-corrected chi connectivity index (χ0v) is 24.5. The Morgan fingerprint density at radius 2 is 1.97 bits per heavy atom. The molecule has 5 rings (SSSR count). The van der Waals surface area contributed by atoms with E-state index < -0.39 is 5.97 Å². The Kier molecular flexibility index (Phi) is 8.84. The summed E-state index contributed by atoms with van der Waals surface area (Å²) in [6.45, 7) is 7.85. The summed E-state index contributed by atoms with van der Waals surface area (Å²) >= 11 is 6.85. The number of ketones is 1. The summed E-state index contributed by atoms with van der Waals surface area (Å²) in [4.78, 5) is 46.9. The fraction of sp³-hybridized carbons (Fsp3) is 0.500. The van der Waals surface area contributed by atoms with Crippen LogP contribution in [0, 0.1) is 0 Å². The third kappa shape index (κ3) is 6.66. The lowest BCUT2D eigenvalue weighted by Gasteiger charge is -2.34. The van der Waals surface area contributed by atoms with Gasteiger partial charge in [0, 0.05) is 60.0 Å². The summed E-state index contributed by atoms with van der Waals surface area (Å²) in [6.07, 6.45) is 6.03. The molecule has 0 saturated carbocycles. The van der Waals surface area contributed by atoms with Gasteiger partial charge in [-0.3, -0.25) is 19.4 Å². The predicted molar refractivity (Wildman–Crippen MR) is 153 cm³/mol. The number of rotatable bonds is 10. The van der Waals surface area contributed by atoms with Crippen molar-refractivity contribution in [2.24, 2.45) is 0 Å². The van der Waals surface area contributed by atoms with Crippen molar-refractivity contribution in [3.05, 3.63) is 43.9 Å². The first kappa shape index (κ1) is 27.3. The van der Waals surface area contributed by atoms with E-state index in [1.54, 1.807) is 35.1 Å². The highest BCUT2D eigenvalue weighted by Gasteiger charge is 2.25. The average Bonchev–Trinajstić information content (AvgIpc) is 3.63. The van der Waals surface area contributed by atoms with E-state index in [9.17, 15) is 9.59 Å². The smallest absolute Gasteiger partial charge is 0.304 e. The molecule has 0 radical (unpaired) electrons. The fourth-order valence-electron chi connectivity index (χ4n) is 4.94. The zero-order chi connectivity index (χ0) is 26.6. The maximum absolute atomic E-state index is 13.1. The second-order valence-corrected chi connectivity index (χ2v) is 12.8. The molecule has 38 heavy (non-hydrogen) atoms. The molecule has 1 N–H and O–H groups in total. The molecule has 2 aliphatic heterocycles. The van der Waals surface area contributed by atoms with E-state index in [4.69, 9.17) is 10.1 Å². The van der Waals surface area contributed by atoms with Crippen LogP contribution in [0.3, 0.4) is 0 Å². The van der Waals surface area contributed by atoms with Gasteiger partial charge in [-0.15, -0.1) is 22.7 Å². The lowest BCUT2D eigenvalue weighted by atomic mass is 10.2. The molecule has 0 aliphatic carbocycles. The lowest BCUT2D eigenvalue weighted by Crippen LogP contribution is -2.47. The molecule has 2 aliphatic rings. The third-order valence-electron chi connectivity index (χ3n) is 7.15. The molecule has 1 atom stereocenters. The van der Waals surface area contributed by atoms with E-state index >= 15 is 0 Å². The van der Waals surface area contributed by atoms with Crippen LogP contribution in [-0.2, 0) is 17.8 Å². The van der Waals surface area contributed by atoms with E-state index in [1.807, 2.05) is 0 Å². The molecule has 5 heterocycles. The number of likely N-dealkylation sites (tertiary alicyclic amines) is 1. The summed E-state index contributed by atoms with van der Waals surface area (Å²) in [5, 5.41) is 11.8. The minimum atomic E-state index is -0.774. The number of carboxylic acids is 1. The van der Waals surface area contributed by atoms with E-state index in [0.29, 0.717) is 18.3 Å². The topological polar surface area (TPSA) is 103 Å². The van der Waals surface area contributed by atoms with Gasteiger partial charge in [-0.25, -0.2) is 15.0 Å². The van der Waals surface area contributed by atoms with Crippen LogP contribution in [0.1, 0.15) is 46.6 Å². The van der Waals surface area contributed by atoms with Crippen LogP contribution >= 0.6 is 38.6 Å². The second kappa shape index (κ2) is 12.3. The summed E-state index contributed by atoms with van der Waals surface area (Å²) < 4.78 is 1.04. The maximum atomic E-state index is 13.1. The van der Waals surface area contributed by atoms with Gasteiger partial charge in [0.2, 0.25) is 0 Å². The molecule has 2 fully saturated rings. The van der Waals surface area contributed by atoms with E-state index in [1.165, 1.54) is 17.7 Å². The molecule has 0 spiro atoms. The van der Waals surface area contributed by atoms with Crippen LogP contribution in [0.15, 0.2) is 28.3 Å².